The summed E-state index contributed by atoms with van der Waals surface area (Å²) in [4.78, 5) is 29.7. The minimum absolute atomic E-state index is 0.169. The summed E-state index contributed by atoms with van der Waals surface area (Å²) in [5.41, 5.74) is 10.1. The number of amides is 1. The van der Waals surface area contributed by atoms with Crippen LogP contribution in [0.4, 0.5) is 5.95 Å². The first-order valence-electron chi connectivity index (χ1n) is 8.99. The maximum absolute atomic E-state index is 12.6. The van der Waals surface area contributed by atoms with Crippen LogP contribution in [0.5, 0.6) is 0 Å². The van der Waals surface area contributed by atoms with Gasteiger partial charge in [0.1, 0.15) is 10.7 Å². The highest BCUT2D eigenvalue weighted by molar-refractivity contribution is 7.13. The number of aromatic nitrogens is 4. The van der Waals surface area contributed by atoms with Gasteiger partial charge < -0.3 is 11.1 Å². The first-order chi connectivity index (χ1) is 13.2. The normalized spacial score (nSPS) is 13.2. The number of anilines is 1. The van der Waals surface area contributed by atoms with Gasteiger partial charge in [-0.25, -0.2) is 15.0 Å². The Balaban J connectivity index is 1.39. The van der Waals surface area contributed by atoms with Crippen LogP contribution in [0, 0.1) is 0 Å². The Hall–Kier alpha value is -2.87. The third kappa shape index (κ3) is 3.95. The van der Waals surface area contributed by atoms with Crippen molar-refractivity contribution in [2.75, 3.05) is 12.3 Å². The summed E-state index contributed by atoms with van der Waals surface area (Å²) in [6.45, 7) is 0.497. The van der Waals surface area contributed by atoms with Gasteiger partial charge in [0.05, 0.1) is 5.69 Å². The molecule has 3 aromatic heterocycles. The second-order valence-corrected chi connectivity index (χ2v) is 7.31. The van der Waals surface area contributed by atoms with Gasteiger partial charge in [-0.15, -0.1) is 11.3 Å². The Kier molecular flexibility index (Phi) is 5.06. The van der Waals surface area contributed by atoms with E-state index in [-0.39, 0.29) is 11.9 Å². The first-order valence-corrected chi connectivity index (χ1v) is 9.87. The fraction of sp³-hybridized carbons (Fsp3) is 0.316. The van der Waals surface area contributed by atoms with E-state index in [4.69, 9.17) is 5.73 Å². The maximum atomic E-state index is 12.6. The van der Waals surface area contributed by atoms with E-state index in [9.17, 15) is 4.79 Å². The molecular weight excluding hydrogens is 360 g/mol. The molecule has 0 radical (unpaired) electrons. The van der Waals surface area contributed by atoms with Crippen molar-refractivity contribution in [1.82, 2.24) is 25.3 Å². The molecule has 1 aliphatic carbocycles. The molecule has 3 N–H and O–H groups in total. The van der Waals surface area contributed by atoms with E-state index < -0.39 is 0 Å². The Morgan fingerprint density at radius 3 is 2.81 bits per heavy atom. The number of nitrogens with zero attached hydrogens (tertiary/aromatic N) is 4. The van der Waals surface area contributed by atoms with Gasteiger partial charge in [-0.2, -0.15) is 0 Å². The third-order valence-corrected chi connectivity index (χ3v) is 5.50. The fourth-order valence-electron chi connectivity index (χ4n) is 3.24. The lowest BCUT2D eigenvalue weighted by Crippen LogP contribution is -2.29. The number of nitrogens with two attached hydrogens (primary N) is 1. The zero-order chi connectivity index (χ0) is 18.6. The molecule has 0 aromatic carbocycles. The van der Waals surface area contributed by atoms with Crippen LogP contribution in [0.25, 0.3) is 10.6 Å². The lowest BCUT2D eigenvalue weighted by molar-refractivity contribution is 0.0947. The van der Waals surface area contributed by atoms with Gasteiger partial charge in [-0.1, -0.05) is 0 Å². The Labute approximate surface area is 161 Å². The minimum atomic E-state index is -0.188. The first kappa shape index (κ1) is 17.5. The zero-order valence-electron chi connectivity index (χ0n) is 14.8. The van der Waals surface area contributed by atoms with Gasteiger partial charge in [0.25, 0.3) is 5.91 Å². The molecule has 0 bridgehead atoms. The number of aryl methyl sites for hydroxylation is 1. The molecule has 0 atom stereocenters. The number of pyridine rings is 1. The molecule has 0 fully saturated rings. The number of nitrogen functional groups attached to an aromatic ring is 1. The second-order valence-electron chi connectivity index (χ2n) is 6.45. The molecule has 1 amide bonds. The molecule has 4 rings (SSSR count). The number of fused-ring (bicyclic) bond motifs is 1. The number of thiazole rings is 1. The van der Waals surface area contributed by atoms with E-state index in [0.29, 0.717) is 18.7 Å². The average Bonchev–Trinajstić information content (AvgIpc) is 3.17. The van der Waals surface area contributed by atoms with Crippen LogP contribution in [0.1, 0.15) is 40.3 Å². The van der Waals surface area contributed by atoms with Gasteiger partial charge in [-0.05, 0) is 37.8 Å². The number of hydrogen-bond donors (Lipinski definition) is 2. The molecular formula is C19H20N6OS. The lowest BCUT2D eigenvalue weighted by atomic mass is 9.94. The molecule has 3 aromatic rings. The van der Waals surface area contributed by atoms with Crippen molar-refractivity contribution in [3.8, 4) is 10.6 Å². The SMILES string of the molecule is Nc1nc2c(c(C(=O)NCCc3csc(-c4ccncc4)n3)n1)CCCC2. The number of hydrogen-bond acceptors (Lipinski definition) is 7. The largest absolute Gasteiger partial charge is 0.368 e. The molecule has 0 saturated carbocycles. The number of rotatable bonds is 5. The second kappa shape index (κ2) is 7.79. The van der Waals surface area contributed by atoms with Crippen molar-refractivity contribution in [2.45, 2.75) is 32.1 Å². The van der Waals surface area contributed by atoms with Crippen LogP contribution in [0.15, 0.2) is 29.9 Å². The van der Waals surface area contributed by atoms with Crippen molar-refractivity contribution in [3.05, 3.63) is 52.6 Å². The van der Waals surface area contributed by atoms with Crippen molar-refractivity contribution in [1.29, 1.82) is 0 Å². The van der Waals surface area contributed by atoms with Crippen molar-refractivity contribution in [3.63, 3.8) is 0 Å². The van der Waals surface area contributed by atoms with Gasteiger partial charge >= 0.3 is 0 Å². The van der Waals surface area contributed by atoms with E-state index in [2.05, 4.69) is 25.3 Å². The smallest absolute Gasteiger partial charge is 0.270 e. The summed E-state index contributed by atoms with van der Waals surface area (Å²) < 4.78 is 0. The van der Waals surface area contributed by atoms with Gasteiger partial charge in [0.2, 0.25) is 5.95 Å². The van der Waals surface area contributed by atoms with E-state index in [1.54, 1.807) is 23.7 Å². The average molecular weight is 380 g/mol. The lowest BCUT2D eigenvalue weighted by Gasteiger charge is -2.17. The van der Waals surface area contributed by atoms with Crippen molar-refractivity contribution in [2.24, 2.45) is 0 Å². The van der Waals surface area contributed by atoms with Crippen LogP contribution in [0.3, 0.4) is 0 Å². The molecule has 8 heteroatoms. The highest BCUT2D eigenvalue weighted by atomic mass is 32.1. The highest BCUT2D eigenvalue weighted by Crippen LogP contribution is 2.24. The number of nitrogens with one attached hydrogen (secondary N) is 1. The molecule has 1 aliphatic rings. The van der Waals surface area contributed by atoms with E-state index in [1.165, 1.54) is 0 Å². The Morgan fingerprint density at radius 1 is 1.15 bits per heavy atom. The highest BCUT2D eigenvalue weighted by Gasteiger charge is 2.21. The summed E-state index contributed by atoms with van der Waals surface area (Å²) in [5.74, 6) is -0.0193. The monoisotopic (exact) mass is 380 g/mol. The summed E-state index contributed by atoms with van der Waals surface area (Å²) >= 11 is 1.59. The van der Waals surface area contributed by atoms with Crippen molar-refractivity contribution >= 4 is 23.2 Å². The quantitative estimate of drug-likeness (QED) is 0.704. The summed E-state index contributed by atoms with van der Waals surface area (Å²) in [6.07, 6.45) is 8.00. The summed E-state index contributed by atoms with van der Waals surface area (Å²) in [5, 5.41) is 5.92. The van der Waals surface area contributed by atoms with Gasteiger partial charge in [0.15, 0.2) is 0 Å². The van der Waals surface area contributed by atoms with E-state index >= 15 is 0 Å². The standard InChI is InChI=1S/C19H20N6OS/c20-19-24-15-4-2-1-3-14(15)16(25-19)17(26)22-10-7-13-11-27-18(23-13)12-5-8-21-9-6-12/h5-6,8-9,11H,1-4,7,10H2,(H,22,26)(H2,20,24,25). The molecule has 0 unspecified atom stereocenters. The molecule has 138 valence electrons. The molecule has 27 heavy (non-hydrogen) atoms. The molecule has 7 nitrogen and oxygen atoms in total. The summed E-state index contributed by atoms with van der Waals surface area (Å²) in [7, 11) is 0. The topological polar surface area (TPSA) is 107 Å². The van der Waals surface area contributed by atoms with Crippen LogP contribution >= 0.6 is 11.3 Å². The zero-order valence-corrected chi connectivity index (χ0v) is 15.6. The van der Waals surface area contributed by atoms with Crippen LogP contribution < -0.4 is 11.1 Å². The Bertz CT molecular complexity index is 956. The van der Waals surface area contributed by atoms with Crippen LogP contribution in [-0.2, 0) is 19.3 Å². The predicted octanol–water partition coefficient (Wildman–Crippen LogP) is 2.43. The maximum Gasteiger partial charge on any atom is 0.270 e. The Morgan fingerprint density at radius 2 is 1.96 bits per heavy atom. The fourth-order valence-corrected chi connectivity index (χ4v) is 4.10. The number of carbonyl (C=O) groups excluding carboxylic acids is 1. The van der Waals surface area contributed by atoms with E-state index in [0.717, 1.165) is 53.2 Å². The van der Waals surface area contributed by atoms with Crippen LogP contribution in [-0.4, -0.2) is 32.4 Å². The molecule has 0 aliphatic heterocycles. The van der Waals surface area contributed by atoms with E-state index in [1.807, 2.05) is 17.5 Å². The van der Waals surface area contributed by atoms with Crippen LogP contribution in [0.2, 0.25) is 0 Å². The minimum Gasteiger partial charge on any atom is -0.368 e. The van der Waals surface area contributed by atoms with Gasteiger partial charge in [-0.3, -0.25) is 9.78 Å². The molecule has 3 heterocycles. The predicted molar refractivity (Wildman–Crippen MR) is 104 cm³/mol. The summed E-state index contributed by atoms with van der Waals surface area (Å²) in [6, 6.07) is 3.88. The van der Waals surface area contributed by atoms with Gasteiger partial charge in [0, 0.05) is 47.6 Å². The third-order valence-electron chi connectivity index (χ3n) is 4.56. The van der Waals surface area contributed by atoms with Crippen molar-refractivity contribution < 1.29 is 4.79 Å². The molecule has 0 saturated heterocycles. The number of carbonyl (C=O) groups is 1. The molecule has 0 spiro atoms.